The third-order valence-corrected chi connectivity index (χ3v) is 5.61. The van der Waals surface area contributed by atoms with E-state index < -0.39 is 0 Å². The van der Waals surface area contributed by atoms with Gasteiger partial charge in [0.05, 0.1) is 0 Å². The zero-order valence-corrected chi connectivity index (χ0v) is 14.3. The molecule has 0 saturated heterocycles. The first kappa shape index (κ1) is 15.1. The largest absolute Gasteiger partial charge is 0.313 e. The minimum Gasteiger partial charge on any atom is -0.313 e. The van der Waals surface area contributed by atoms with Gasteiger partial charge in [-0.2, -0.15) is 0 Å². The summed E-state index contributed by atoms with van der Waals surface area (Å²) >= 11 is 3.68. The Balaban J connectivity index is 1.91. The predicted molar refractivity (Wildman–Crippen MR) is 94.6 cm³/mol. The van der Waals surface area contributed by atoms with Crippen LogP contribution in [0.1, 0.15) is 50.1 Å². The van der Waals surface area contributed by atoms with Gasteiger partial charge in [0.25, 0.3) is 0 Å². The van der Waals surface area contributed by atoms with E-state index in [1.807, 2.05) is 0 Å². The van der Waals surface area contributed by atoms with Crippen molar-refractivity contribution in [1.82, 2.24) is 5.32 Å². The third-order valence-electron chi connectivity index (χ3n) is 4.92. The SMILES string of the molecule is CNC(CC1CCCCC1)c1ccc(Br)c2ccccc12. The fourth-order valence-corrected chi connectivity index (χ4v) is 4.22. The van der Waals surface area contributed by atoms with E-state index in [-0.39, 0.29) is 0 Å². The second kappa shape index (κ2) is 6.93. The van der Waals surface area contributed by atoms with Crippen molar-refractivity contribution in [2.75, 3.05) is 7.05 Å². The molecule has 21 heavy (non-hydrogen) atoms. The topological polar surface area (TPSA) is 12.0 Å². The average molecular weight is 346 g/mol. The molecular weight excluding hydrogens is 322 g/mol. The number of halogens is 1. The standard InChI is InChI=1S/C19H24BrN/c1-21-19(13-14-7-3-2-4-8-14)17-11-12-18(20)16-10-6-5-9-15(16)17/h5-6,9-12,14,19,21H,2-4,7-8,13H2,1H3. The van der Waals surface area contributed by atoms with Crippen LogP contribution in [-0.4, -0.2) is 7.05 Å². The van der Waals surface area contributed by atoms with E-state index in [0.717, 1.165) is 5.92 Å². The highest BCUT2D eigenvalue weighted by atomic mass is 79.9. The van der Waals surface area contributed by atoms with Gasteiger partial charge in [0.1, 0.15) is 0 Å². The predicted octanol–water partition coefficient (Wildman–Crippen LogP) is 5.83. The molecule has 112 valence electrons. The number of hydrogen-bond acceptors (Lipinski definition) is 1. The number of benzene rings is 2. The first-order chi connectivity index (χ1) is 10.3. The molecular formula is C19H24BrN. The molecule has 2 aromatic carbocycles. The second-order valence-electron chi connectivity index (χ2n) is 6.26. The van der Waals surface area contributed by atoms with Gasteiger partial charge < -0.3 is 5.32 Å². The Hall–Kier alpha value is -0.860. The fraction of sp³-hybridized carbons (Fsp3) is 0.474. The van der Waals surface area contributed by atoms with Crippen LogP contribution in [0.15, 0.2) is 40.9 Å². The maximum absolute atomic E-state index is 3.68. The molecule has 1 saturated carbocycles. The summed E-state index contributed by atoms with van der Waals surface area (Å²) in [6.45, 7) is 0. The summed E-state index contributed by atoms with van der Waals surface area (Å²) in [5, 5.41) is 6.26. The molecule has 0 heterocycles. The Morgan fingerprint density at radius 2 is 1.76 bits per heavy atom. The van der Waals surface area contributed by atoms with Crippen molar-refractivity contribution in [3.8, 4) is 0 Å². The summed E-state index contributed by atoms with van der Waals surface area (Å²) in [4.78, 5) is 0. The summed E-state index contributed by atoms with van der Waals surface area (Å²) in [5.41, 5.74) is 1.45. The number of nitrogens with one attached hydrogen (secondary N) is 1. The van der Waals surface area contributed by atoms with Gasteiger partial charge in [0.15, 0.2) is 0 Å². The van der Waals surface area contributed by atoms with Crippen molar-refractivity contribution in [3.63, 3.8) is 0 Å². The lowest BCUT2D eigenvalue weighted by atomic mass is 9.82. The molecule has 2 aromatic rings. The highest BCUT2D eigenvalue weighted by molar-refractivity contribution is 9.10. The monoisotopic (exact) mass is 345 g/mol. The molecule has 0 aromatic heterocycles. The molecule has 1 aliphatic carbocycles. The summed E-state index contributed by atoms with van der Waals surface area (Å²) in [5.74, 6) is 0.888. The molecule has 1 nitrogen and oxygen atoms in total. The maximum Gasteiger partial charge on any atom is 0.0326 e. The van der Waals surface area contributed by atoms with Gasteiger partial charge in [0.2, 0.25) is 0 Å². The second-order valence-corrected chi connectivity index (χ2v) is 7.12. The van der Waals surface area contributed by atoms with Gasteiger partial charge in [-0.3, -0.25) is 0 Å². The molecule has 2 heteroatoms. The van der Waals surface area contributed by atoms with Crippen LogP contribution < -0.4 is 5.32 Å². The molecule has 0 radical (unpaired) electrons. The van der Waals surface area contributed by atoms with Crippen LogP contribution in [-0.2, 0) is 0 Å². The molecule has 1 atom stereocenters. The van der Waals surface area contributed by atoms with E-state index in [4.69, 9.17) is 0 Å². The highest BCUT2D eigenvalue weighted by Gasteiger charge is 2.20. The summed E-state index contributed by atoms with van der Waals surface area (Å²) in [7, 11) is 2.10. The Kier molecular flexibility index (Phi) is 4.97. The number of fused-ring (bicyclic) bond motifs is 1. The minimum atomic E-state index is 0.464. The van der Waals surface area contributed by atoms with Crippen LogP contribution in [0.5, 0.6) is 0 Å². The highest BCUT2D eigenvalue weighted by Crippen LogP contribution is 2.36. The minimum absolute atomic E-state index is 0.464. The van der Waals surface area contributed by atoms with Crippen LogP contribution in [0.2, 0.25) is 0 Å². The molecule has 1 aliphatic rings. The molecule has 1 unspecified atom stereocenters. The zero-order valence-electron chi connectivity index (χ0n) is 12.7. The zero-order chi connectivity index (χ0) is 14.7. The first-order valence-electron chi connectivity index (χ1n) is 8.14. The van der Waals surface area contributed by atoms with Gasteiger partial charge in [-0.1, -0.05) is 78.4 Å². The van der Waals surface area contributed by atoms with Gasteiger partial charge in [-0.05, 0) is 41.8 Å². The quantitative estimate of drug-likeness (QED) is 0.734. The van der Waals surface area contributed by atoms with Crippen molar-refractivity contribution in [2.45, 2.75) is 44.6 Å². The van der Waals surface area contributed by atoms with Crippen LogP contribution in [0.3, 0.4) is 0 Å². The molecule has 1 N–H and O–H groups in total. The van der Waals surface area contributed by atoms with Crippen LogP contribution >= 0.6 is 15.9 Å². The van der Waals surface area contributed by atoms with E-state index in [0.29, 0.717) is 6.04 Å². The normalized spacial score (nSPS) is 18.0. The van der Waals surface area contributed by atoms with Crippen molar-refractivity contribution >= 4 is 26.7 Å². The van der Waals surface area contributed by atoms with Gasteiger partial charge in [0, 0.05) is 10.5 Å². The van der Waals surface area contributed by atoms with Gasteiger partial charge in [-0.25, -0.2) is 0 Å². The molecule has 1 fully saturated rings. The average Bonchev–Trinajstić information content (AvgIpc) is 2.55. The number of hydrogen-bond donors (Lipinski definition) is 1. The molecule has 0 spiro atoms. The number of rotatable bonds is 4. The summed E-state index contributed by atoms with van der Waals surface area (Å²) in [6.07, 6.45) is 8.35. The smallest absolute Gasteiger partial charge is 0.0326 e. The van der Waals surface area contributed by atoms with Gasteiger partial charge >= 0.3 is 0 Å². The lowest BCUT2D eigenvalue weighted by molar-refractivity contribution is 0.306. The van der Waals surface area contributed by atoms with E-state index in [2.05, 4.69) is 64.7 Å². The Morgan fingerprint density at radius 1 is 1.05 bits per heavy atom. The molecule has 0 bridgehead atoms. The fourth-order valence-electron chi connectivity index (χ4n) is 3.75. The van der Waals surface area contributed by atoms with Crippen LogP contribution in [0.4, 0.5) is 0 Å². The maximum atomic E-state index is 3.68. The Bertz CT molecular complexity index is 602. The van der Waals surface area contributed by atoms with Crippen molar-refractivity contribution < 1.29 is 0 Å². The van der Waals surface area contributed by atoms with E-state index in [1.54, 1.807) is 0 Å². The first-order valence-corrected chi connectivity index (χ1v) is 8.93. The van der Waals surface area contributed by atoms with Gasteiger partial charge in [-0.15, -0.1) is 0 Å². The van der Waals surface area contributed by atoms with Crippen LogP contribution in [0, 0.1) is 5.92 Å². The van der Waals surface area contributed by atoms with Crippen LogP contribution in [0.25, 0.3) is 10.8 Å². The molecule has 3 rings (SSSR count). The lowest BCUT2D eigenvalue weighted by Gasteiger charge is -2.27. The molecule has 0 aliphatic heterocycles. The summed E-state index contributed by atoms with van der Waals surface area (Å²) in [6, 6.07) is 13.7. The lowest BCUT2D eigenvalue weighted by Crippen LogP contribution is -2.21. The van der Waals surface area contributed by atoms with Crippen molar-refractivity contribution in [3.05, 3.63) is 46.4 Å². The van der Waals surface area contributed by atoms with Crippen molar-refractivity contribution in [1.29, 1.82) is 0 Å². The van der Waals surface area contributed by atoms with E-state index in [1.165, 1.54) is 59.3 Å². The third kappa shape index (κ3) is 3.32. The Labute approximate surface area is 136 Å². The van der Waals surface area contributed by atoms with E-state index in [9.17, 15) is 0 Å². The van der Waals surface area contributed by atoms with Crippen molar-refractivity contribution in [2.24, 2.45) is 5.92 Å². The molecule has 0 amide bonds. The summed E-state index contributed by atoms with van der Waals surface area (Å²) < 4.78 is 1.19. The van der Waals surface area contributed by atoms with E-state index >= 15 is 0 Å². The Morgan fingerprint density at radius 3 is 2.48 bits per heavy atom.